The molecular weight excluding hydrogens is 574 g/mol. The molecular formula is C42H41N5. The maximum absolute atomic E-state index is 5.16. The largest absolute Gasteiger partial charge is 0.251 e. The van der Waals surface area contributed by atoms with Gasteiger partial charge in [-0.3, -0.25) is 15.0 Å². The summed E-state index contributed by atoms with van der Waals surface area (Å²) in [6, 6.07) is 29.2. The Morgan fingerprint density at radius 1 is 0.574 bits per heavy atom. The molecule has 234 valence electrons. The fourth-order valence-corrected chi connectivity index (χ4v) is 6.39. The number of aryl methyl sites for hydroxylation is 6. The van der Waals surface area contributed by atoms with E-state index < -0.39 is 0 Å². The molecule has 0 unspecified atom stereocenters. The van der Waals surface area contributed by atoms with Crippen molar-refractivity contribution in [1.29, 1.82) is 0 Å². The lowest BCUT2D eigenvalue weighted by atomic mass is 10.00. The number of benzene rings is 3. The second kappa shape index (κ2) is 13.2. The van der Waals surface area contributed by atoms with E-state index in [4.69, 9.17) is 24.9 Å². The van der Waals surface area contributed by atoms with Crippen molar-refractivity contribution in [3.8, 4) is 0 Å². The van der Waals surface area contributed by atoms with Crippen molar-refractivity contribution in [2.75, 3.05) is 0 Å². The summed E-state index contributed by atoms with van der Waals surface area (Å²) >= 11 is 0. The van der Waals surface area contributed by atoms with Gasteiger partial charge in [0.15, 0.2) is 0 Å². The van der Waals surface area contributed by atoms with E-state index in [1.54, 1.807) is 0 Å². The van der Waals surface area contributed by atoms with Gasteiger partial charge in [-0.25, -0.2) is 9.97 Å². The number of allylic oxidation sites excluding steroid dienone is 1. The smallest absolute Gasteiger partial charge is 0.0856 e. The number of fused-ring (bicyclic) bond motifs is 1. The second-order valence-corrected chi connectivity index (χ2v) is 12.7. The Hall–Kier alpha value is -5.29. The summed E-state index contributed by atoms with van der Waals surface area (Å²) in [5.74, 6) is 0. The van der Waals surface area contributed by atoms with Crippen molar-refractivity contribution >= 4 is 45.8 Å². The number of hydrogen-bond donors (Lipinski definition) is 0. The van der Waals surface area contributed by atoms with Crippen LogP contribution in [0.5, 0.6) is 0 Å². The Balaban J connectivity index is 1.37. The van der Waals surface area contributed by atoms with Gasteiger partial charge in [0.2, 0.25) is 0 Å². The van der Waals surface area contributed by atoms with Gasteiger partial charge in [0.05, 0.1) is 57.0 Å². The Bertz CT molecular complexity index is 1950. The summed E-state index contributed by atoms with van der Waals surface area (Å²) in [5, 5.41) is 0. The zero-order valence-electron chi connectivity index (χ0n) is 28.6. The van der Waals surface area contributed by atoms with Gasteiger partial charge in [0.1, 0.15) is 0 Å². The number of rotatable bonds is 6. The number of hydrogen-bond acceptors (Lipinski definition) is 5. The van der Waals surface area contributed by atoms with Crippen LogP contribution in [0.4, 0.5) is 17.1 Å². The molecule has 0 aliphatic carbocycles. The summed E-state index contributed by atoms with van der Waals surface area (Å²) in [6.45, 7) is 16.8. The number of para-hydroxylation sites is 1. The lowest BCUT2D eigenvalue weighted by Gasteiger charge is -2.12. The zero-order valence-corrected chi connectivity index (χ0v) is 28.6. The molecule has 47 heavy (non-hydrogen) atoms. The Morgan fingerprint density at radius 3 is 1.62 bits per heavy atom. The molecule has 0 amide bonds. The highest BCUT2D eigenvalue weighted by Crippen LogP contribution is 2.33. The van der Waals surface area contributed by atoms with E-state index >= 15 is 0 Å². The van der Waals surface area contributed by atoms with E-state index in [-0.39, 0.29) is 0 Å². The van der Waals surface area contributed by atoms with Crippen LogP contribution >= 0.6 is 0 Å². The van der Waals surface area contributed by atoms with Gasteiger partial charge >= 0.3 is 0 Å². The van der Waals surface area contributed by atoms with Crippen molar-refractivity contribution in [3.05, 3.63) is 147 Å². The van der Waals surface area contributed by atoms with Crippen molar-refractivity contribution in [3.63, 3.8) is 0 Å². The molecule has 3 aromatic carbocycles. The molecule has 5 aromatic rings. The van der Waals surface area contributed by atoms with Crippen molar-refractivity contribution < 1.29 is 0 Å². The van der Waals surface area contributed by atoms with E-state index in [1.807, 2.05) is 50.2 Å². The Kier molecular flexibility index (Phi) is 8.91. The van der Waals surface area contributed by atoms with Crippen LogP contribution in [-0.4, -0.2) is 27.1 Å². The summed E-state index contributed by atoms with van der Waals surface area (Å²) in [4.78, 5) is 25.4. The van der Waals surface area contributed by atoms with Gasteiger partial charge in [0, 0.05) is 12.0 Å². The summed E-state index contributed by atoms with van der Waals surface area (Å²) < 4.78 is 0. The van der Waals surface area contributed by atoms with Crippen LogP contribution in [0.15, 0.2) is 99.9 Å². The topological polar surface area (TPSA) is 62.9 Å². The highest BCUT2D eigenvalue weighted by Gasteiger charge is 2.18. The minimum atomic E-state index is 0.584. The quantitative estimate of drug-likeness (QED) is 0.178. The normalized spacial score (nSPS) is 13.5. The summed E-state index contributed by atoms with van der Waals surface area (Å²) in [6.07, 6.45) is 2.79. The van der Waals surface area contributed by atoms with Crippen LogP contribution in [0.25, 0.3) is 11.6 Å². The van der Waals surface area contributed by atoms with Gasteiger partial charge in [-0.1, -0.05) is 65.7 Å². The molecule has 2 aromatic heterocycles. The average Bonchev–Trinajstić information content (AvgIpc) is 3.24. The van der Waals surface area contributed by atoms with Crippen molar-refractivity contribution in [2.24, 2.45) is 15.0 Å². The third-order valence-corrected chi connectivity index (χ3v) is 8.57. The van der Waals surface area contributed by atoms with Gasteiger partial charge in [0.25, 0.3) is 0 Å². The molecule has 5 heteroatoms. The second-order valence-electron chi connectivity index (χ2n) is 12.7. The lowest BCUT2D eigenvalue weighted by molar-refractivity contribution is 1.20. The monoisotopic (exact) mass is 615 g/mol. The fourth-order valence-electron chi connectivity index (χ4n) is 6.39. The van der Waals surface area contributed by atoms with E-state index in [0.717, 1.165) is 79.2 Å². The highest BCUT2D eigenvalue weighted by molar-refractivity contribution is 6.11. The third kappa shape index (κ3) is 6.95. The van der Waals surface area contributed by atoms with Crippen LogP contribution in [0.1, 0.15) is 82.0 Å². The molecule has 6 rings (SSSR count). The van der Waals surface area contributed by atoms with Crippen LogP contribution in [0.3, 0.4) is 0 Å². The molecule has 0 radical (unpaired) electrons. The SMILES string of the molecule is CC(=Nc1c(C)cc(C)cc1C)c1cccc(C2=Cc3ccccc3N=C(c3cccc(C(C)=Nc4c(C)cc(C)cc4C)n3)C2)n1. The molecule has 5 nitrogen and oxygen atoms in total. The van der Waals surface area contributed by atoms with Crippen molar-refractivity contribution in [1.82, 2.24) is 9.97 Å². The predicted octanol–water partition coefficient (Wildman–Crippen LogP) is 10.7. The fraction of sp³-hybridized carbons (Fsp3) is 0.214. The Morgan fingerprint density at radius 2 is 1.06 bits per heavy atom. The molecule has 0 fully saturated rings. The number of aromatic nitrogens is 2. The van der Waals surface area contributed by atoms with Crippen LogP contribution in [0, 0.1) is 41.5 Å². The zero-order chi connectivity index (χ0) is 33.2. The maximum Gasteiger partial charge on any atom is 0.0856 e. The lowest BCUT2D eigenvalue weighted by Crippen LogP contribution is -2.09. The van der Waals surface area contributed by atoms with Gasteiger partial charge in [-0.2, -0.15) is 0 Å². The Labute approximate surface area is 278 Å². The first-order valence-electron chi connectivity index (χ1n) is 16.1. The standard InChI is InChI=1S/C42H41N5/c1-25-19-27(3)41(28(4)20-25)43-31(7)35-15-11-17-38(45-35)34-23-33-13-9-10-14-37(33)47-40(24-34)39-18-12-16-36(46-39)32(8)44-42-29(5)21-26(2)22-30(42)6/h9-23H,24H2,1-8H3. The van der Waals surface area contributed by atoms with Crippen LogP contribution in [-0.2, 0) is 0 Å². The summed E-state index contributed by atoms with van der Waals surface area (Å²) in [5.41, 5.74) is 18.3. The highest BCUT2D eigenvalue weighted by atomic mass is 14.9. The number of aliphatic imine (C=N–C) groups is 3. The molecule has 1 aliphatic rings. The number of pyridine rings is 2. The van der Waals surface area contributed by atoms with E-state index in [1.165, 1.54) is 22.3 Å². The number of nitrogens with zero attached hydrogens (tertiary/aromatic N) is 5. The molecule has 0 spiro atoms. The minimum absolute atomic E-state index is 0.584. The van der Waals surface area contributed by atoms with E-state index in [0.29, 0.717) is 6.42 Å². The van der Waals surface area contributed by atoms with Crippen LogP contribution in [0.2, 0.25) is 0 Å². The average molecular weight is 616 g/mol. The molecule has 0 saturated heterocycles. The molecule has 0 bridgehead atoms. The predicted molar refractivity (Wildman–Crippen MR) is 199 cm³/mol. The first-order chi connectivity index (χ1) is 22.5. The molecule has 3 heterocycles. The first-order valence-corrected chi connectivity index (χ1v) is 16.1. The van der Waals surface area contributed by atoms with E-state index in [2.05, 4.69) is 96.1 Å². The maximum atomic E-state index is 5.16. The molecule has 0 atom stereocenters. The van der Waals surface area contributed by atoms with Crippen molar-refractivity contribution in [2.45, 2.75) is 61.8 Å². The first kappa shape index (κ1) is 31.7. The van der Waals surface area contributed by atoms with Gasteiger partial charge in [-0.15, -0.1) is 0 Å². The van der Waals surface area contributed by atoms with Crippen LogP contribution < -0.4 is 0 Å². The van der Waals surface area contributed by atoms with Gasteiger partial charge in [-0.05, 0) is 120 Å². The van der Waals surface area contributed by atoms with E-state index in [9.17, 15) is 0 Å². The summed E-state index contributed by atoms with van der Waals surface area (Å²) in [7, 11) is 0. The molecule has 0 saturated carbocycles. The van der Waals surface area contributed by atoms with Gasteiger partial charge < -0.3 is 0 Å². The molecule has 0 N–H and O–H groups in total. The molecule has 1 aliphatic heterocycles. The third-order valence-electron chi connectivity index (χ3n) is 8.57. The minimum Gasteiger partial charge on any atom is -0.251 e.